The molecule has 2 nitrogen and oxygen atoms in total. The predicted octanol–water partition coefficient (Wildman–Crippen LogP) is 3.39. The quantitative estimate of drug-likeness (QED) is 0.553. The minimum absolute atomic E-state index is 0.106. The third-order valence-corrected chi connectivity index (χ3v) is 3.59. The van der Waals surface area contributed by atoms with Gasteiger partial charge in [-0.2, -0.15) is 0 Å². The second-order valence-corrected chi connectivity index (χ2v) is 5.57. The number of aromatic nitrogens is 1. The van der Waals surface area contributed by atoms with E-state index in [-0.39, 0.29) is 5.78 Å². The van der Waals surface area contributed by atoms with E-state index in [0.29, 0.717) is 0 Å². The SMILES string of the molecule is O=C1c2cc(I)ccc2-n2cc(Br)cc21. The zero-order valence-electron chi connectivity index (χ0n) is 7.50. The van der Waals surface area contributed by atoms with Gasteiger partial charge in [-0.05, 0) is 62.8 Å². The Morgan fingerprint density at radius 3 is 2.87 bits per heavy atom. The Hall–Kier alpha value is -0.620. The summed E-state index contributed by atoms with van der Waals surface area (Å²) in [5.74, 6) is 0.106. The van der Waals surface area contributed by atoms with E-state index in [2.05, 4.69) is 38.5 Å². The molecule has 1 aromatic carbocycles. The first-order valence-electron chi connectivity index (χ1n) is 4.39. The number of halogens is 2. The summed E-state index contributed by atoms with van der Waals surface area (Å²) >= 11 is 5.59. The van der Waals surface area contributed by atoms with E-state index < -0.39 is 0 Å². The van der Waals surface area contributed by atoms with Gasteiger partial charge in [-0.25, -0.2) is 0 Å². The zero-order valence-corrected chi connectivity index (χ0v) is 11.2. The number of carbonyl (C=O) groups excluding carboxylic acids is 1. The Morgan fingerprint density at radius 1 is 1.27 bits per heavy atom. The number of hydrogen-bond donors (Lipinski definition) is 0. The maximum absolute atomic E-state index is 12.0. The summed E-state index contributed by atoms with van der Waals surface area (Å²) in [6.07, 6.45) is 1.92. The van der Waals surface area contributed by atoms with Crippen LogP contribution in [0.5, 0.6) is 0 Å². The van der Waals surface area contributed by atoms with Crippen LogP contribution in [0.2, 0.25) is 0 Å². The molecule has 0 unspecified atom stereocenters. The highest BCUT2D eigenvalue weighted by atomic mass is 127. The number of rotatable bonds is 0. The van der Waals surface area contributed by atoms with Crippen molar-refractivity contribution in [3.05, 3.63) is 49.8 Å². The van der Waals surface area contributed by atoms with Crippen molar-refractivity contribution in [2.75, 3.05) is 0 Å². The summed E-state index contributed by atoms with van der Waals surface area (Å²) in [7, 11) is 0. The average Bonchev–Trinajstić information content (AvgIpc) is 2.67. The van der Waals surface area contributed by atoms with Crippen molar-refractivity contribution in [2.24, 2.45) is 0 Å². The van der Waals surface area contributed by atoms with E-state index >= 15 is 0 Å². The van der Waals surface area contributed by atoms with Crippen molar-refractivity contribution in [1.29, 1.82) is 0 Å². The molecule has 0 N–H and O–H groups in total. The van der Waals surface area contributed by atoms with Crippen molar-refractivity contribution in [3.8, 4) is 5.69 Å². The van der Waals surface area contributed by atoms with Gasteiger partial charge in [0.2, 0.25) is 5.78 Å². The lowest BCUT2D eigenvalue weighted by Gasteiger charge is -2.00. The van der Waals surface area contributed by atoms with Crippen LogP contribution in [0.4, 0.5) is 0 Å². The third-order valence-electron chi connectivity index (χ3n) is 2.48. The molecule has 1 aliphatic rings. The molecular weight excluding hydrogens is 369 g/mol. The first-order chi connectivity index (χ1) is 7.16. The van der Waals surface area contributed by atoms with Gasteiger partial charge in [-0.3, -0.25) is 4.79 Å². The van der Waals surface area contributed by atoms with Crippen molar-refractivity contribution in [2.45, 2.75) is 0 Å². The predicted molar refractivity (Wildman–Crippen MR) is 69.6 cm³/mol. The molecule has 2 heterocycles. The maximum Gasteiger partial charge on any atom is 0.211 e. The Bertz CT molecular complexity index is 588. The molecule has 2 aromatic rings. The molecule has 0 saturated heterocycles. The topological polar surface area (TPSA) is 22.0 Å². The lowest BCUT2D eigenvalue weighted by atomic mass is 10.1. The molecule has 1 aliphatic heterocycles. The van der Waals surface area contributed by atoms with E-state index in [1.165, 1.54) is 0 Å². The fourth-order valence-electron chi connectivity index (χ4n) is 1.84. The highest BCUT2D eigenvalue weighted by Gasteiger charge is 2.26. The molecule has 0 spiro atoms. The molecule has 0 radical (unpaired) electrons. The monoisotopic (exact) mass is 373 g/mol. The van der Waals surface area contributed by atoms with Gasteiger partial charge in [0, 0.05) is 19.8 Å². The molecular formula is C11H5BrINO. The Kier molecular flexibility index (Phi) is 2.04. The second-order valence-electron chi connectivity index (χ2n) is 3.40. The van der Waals surface area contributed by atoms with Crippen LogP contribution >= 0.6 is 38.5 Å². The van der Waals surface area contributed by atoms with Crippen LogP contribution < -0.4 is 0 Å². The molecule has 1 aromatic heterocycles. The standard InChI is InChI=1S/C11H5BrINO/c12-6-3-10-11(15)8-4-7(13)1-2-9(8)14(10)5-6/h1-5H. The van der Waals surface area contributed by atoms with Crippen molar-refractivity contribution in [1.82, 2.24) is 4.57 Å². The highest BCUT2D eigenvalue weighted by Crippen LogP contribution is 2.31. The molecule has 0 fully saturated rings. The molecule has 4 heteroatoms. The van der Waals surface area contributed by atoms with Gasteiger partial charge in [0.1, 0.15) is 0 Å². The van der Waals surface area contributed by atoms with Gasteiger partial charge >= 0.3 is 0 Å². The molecule has 0 amide bonds. The molecule has 74 valence electrons. The van der Waals surface area contributed by atoms with Gasteiger partial charge in [-0.15, -0.1) is 0 Å². The molecule has 0 atom stereocenters. The summed E-state index contributed by atoms with van der Waals surface area (Å²) in [5, 5.41) is 0. The number of hydrogen-bond acceptors (Lipinski definition) is 1. The minimum atomic E-state index is 0.106. The van der Waals surface area contributed by atoms with Crippen molar-refractivity contribution < 1.29 is 4.79 Å². The van der Waals surface area contributed by atoms with E-state index in [9.17, 15) is 4.79 Å². The van der Waals surface area contributed by atoms with Gasteiger partial charge in [0.25, 0.3) is 0 Å². The maximum atomic E-state index is 12.0. The number of benzene rings is 1. The Balaban J connectivity index is 2.35. The van der Waals surface area contributed by atoms with E-state index in [4.69, 9.17) is 0 Å². The molecule has 0 saturated carbocycles. The summed E-state index contributed by atoms with van der Waals surface area (Å²) in [4.78, 5) is 12.0. The van der Waals surface area contributed by atoms with E-state index in [1.807, 2.05) is 35.0 Å². The normalized spacial score (nSPS) is 12.8. The average molecular weight is 374 g/mol. The lowest BCUT2D eigenvalue weighted by molar-refractivity contribution is 0.104. The summed E-state index contributed by atoms with van der Waals surface area (Å²) in [5.41, 5.74) is 2.50. The van der Waals surface area contributed by atoms with Gasteiger partial charge < -0.3 is 4.57 Å². The fourth-order valence-corrected chi connectivity index (χ4v) is 2.76. The lowest BCUT2D eigenvalue weighted by Crippen LogP contribution is -1.94. The number of nitrogens with zero attached hydrogens (tertiary/aromatic N) is 1. The van der Waals surface area contributed by atoms with E-state index in [0.717, 1.165) is 25.0 Å². The van der Waals surface area contributed by atoms with Crippen LogP contribution in [0.1, 0.15) is 16.1 Å². The fraction of sp³-hybridized carbons (Fsp3) is 0. The first kappa shape index (κ1) is 9.59. The molecule has 15 heavy (non-hydrogen) atoms. The summed E-state index contributed by atoms with van der Waals surface area (Å²) in [6, 6.07) is 7.78. The molecule has 0 bridgehead atoms. The summed E-state index contributed by atoms with van der Waals surface area (Å²) in [6.45, 7) is 0. The van der Waals surface area contributed by atoms with Gasteiger partial charge in [0.15, 0.2) is 0 Å². The van der Waals surface area contributed by atoms with Crippen LogP contribution in [0, 0.1) is 3.57 Å². The number of fused-ring (bicyclic) bond motifs is 3. The zero-order chi connectivity index (χ0) is 10.6. The minimum Gasteiger partial charge on any atom is -0.312 e. The van der Waals surface area contributed by atoms with Crippen LogP contribution in [0.3, 0.4) is 0 Å². The van der Waals surface area contributed by atoms with Crippen LogP contribution in [0.25, 0.3) is 5.69 Å². The van der Waals surface area contributed by atoms with Crippen LogP contribution in [0.15, 0.2) is 34.9 Å². The Labute approximate surface area is 109 Å². The van der Waals surface area contributed by atoms with Crippen molar-refractivity contribution >= 4 is 44.3 Å². The largest absolute Gasteiger partial charge is 0.312 e. The van der Waals surface area contributed by atoms with Crippen molar-refractivity contribution in [3.63, 3.8) is 0 Å². The molecule has 0 aliphatic carbocycles. The second kappa shape index (κ2) is 3.18. The third kappa shape index (κ3) is 1.31. The van der Waals surface area contributed by atoms with Crippen LogP contribution in [-0.2, 0) is 0 Å². The number of ketones is 1. The van der Waals surface area contributed by atoms with Gasteiger partial charge in [0.05, 0.1) is 11.4 Å². The molecule has 3 rings (SSSR count). The highest BCUT2D eigenvalue weighted by molar-refractivity contribution is 14.1. The summed E-state index contributed by atoms with van der Waals surface area (Å²) < 4.78 is 3.96. The smallest absolute Gasteiger partial charge is 0.211 e. The number of carbonyl (C=O) groups is 1. The van der Waals surface area contributed by atoms with Crippen LogP contribution in [-0.4, -0.2) is 10.4 Å². The van der Waals surface area contributed by atoms with Gasteiger partial charge in [-0.1, -0.05) is 0 Å². The Morgan fingerprint density at radius 2 is 2.07 bits per heavy atom. The first-order valence-corrected chi connectivity index (χ1v) is 6.26. The van der Waals surface area contributed by atoms with E-state index in [1.54, 1.807) is 0 Å².